The van der Waals surface area contributed by atoms with E-state index in [0.717, 1.165) is 10.6 Å². The molecule has 3 aromatic rings. The summed E-state index contributed by atoms with van der Waals surface area (Å²) in [7, 11) is 0. The monoisotopic (exact) mass is 369 g/mol. The van der Waals surface area contributed by atoms with E-state index in [1.165, 1.54) is 35.6 Å². The van der Waals surface area contributed by atoms with Crippen LogP contribution >= 0.6 is 11.3 Å². The Morgan fingerprint density at radius 3 is 2.42 bits per heavy atom. The van der Waals surface area contributed by atoms with Crippen LogP contribution in [0.2, 0.25) is 0 Å². The van der Waals surface area contributed by atoms with Crippen LogP contribution in [0.5, 0.6) is 0 Å². The molecule has 1 aromatic heterocycles. The second-order valence-corrected chi connectivity index (χ2v) is 6.60. The van der Waals surface area contributed by atoms with Crippen molar-refractivity contribution in [3.63, 3.8) is 0 Å². The Balaban J connectivity index is 1.60. The van der Waals surface area contributed by atoms with Crippen LogP contribution < -0.4 is 10.9 Å². The predicted octanol–water partition coefficient (Wildman–Crippen LogP) is 3.26. The van der Waals surface area contributed by atoms with Crippen LogP contribution in [0.3, 0.4) is 0 Å². The lowest BCUT2D eigenvalue weighted by Gasteiger charge is -2.06. The molecule has 0 aliphatic rings. The number of hydrazine groups is 1. The summed E-state index contributed by atoms with van der Waals surface area (Å²) in [6.07, 6.45) is 0.0392. The van der Waals surface area contributed by atoms with Crippen LogP contribution in [0, 0.1) is 12.7 Å². The molecule has 0 aliphatic carbocycles. The highest BCUT2D eigenvalue weighted by Gasteiger charge is 2.16. The highest BCUT2D eigenvalue weighted by molar-refractivity contribution is 7.17. The third-order valence-electron chi connectivity index (χ3n) is 3.62. The second-order valence-electron chi connectivity index (χ2n) is 5.61. The molecule has 0 atom stereocenters. The summed E-state index contributed by atoms with van der Waals surface area (Å²) < 4.78 is 12.9. The van der Waals surface area contributed by atoms with Crippen molar-refractivity contribution in [3.8, 4) is 10.6 Å². The van der Waals surface area contributed by atoms with Crippen LogP contribution in [0.1, 0.15) is 20.9 Å². The molecule has 2 aromatic carbocycles. The molecule has 2 N–H and O–H groups in total. The lowest BCUT2D eigenvalue weighted by Crippen LogP contribution is -2.42. The van der Waals surface area contributed by atoms with Gasteiger partial charge < -0.3 is 0 Å². The van der Waals surface area contributed by atoms with E-state index in [-0.39, 0.29) is 12.2 Å². The predicted molar refractivity (Wildman–Crippen MR) is 98.0 cm³/mol. The van der Waals surface area contributed by atoms with E-state index < -0.39 is 11.8 Å². The molecule has 0 radical (unpaired) electrons. The molecule has 26 heavy (non-hydrogen) atoms. The largest absolute Gasteiger partial charge is 0.281 e. The third-order valence-corrected chi connectivity index (χ3v) is 4.82. The van der Waals surface area contributed by atoms with E-state index in [9.17, 15) is 14.0 Å². The minimum Gasteiger partial charge on any atom is -0.273 e. The summed E-state index contributed by atoms with van der Waals surface area (Å²) in [4.78, 5) is 29.1. The molecule has 7 heteroatoms. The van der Waals surface area contributed by atoms with Gasteiger partial charge in [0.15, 0.2) is 0 Å². The average molecular weight is 369 g/mol. The standard InChI is InChI=1S/C19H16FN3O2S/c1-12-17(26-19(21-12)14-5-3-2-4-6-14)18(25)23-22-16(24)11-13-7-9-15(20)10-8-13/h2-10H,11H2,1H3,(H,22,24)(H,23,25). The summed E-state index contributed by atoms with van der Waals surface area (Å²) >= 11 is 1.26. The number of hydrogen-bond acceptors (Lipinski definition) is 4. The zero-order valence-corrected chi connectivity index (χ0v) is 14.8. The second kappa shape index (κ2) is 7.88. The fourth-order valence-electron chi connectivity index (χ4n) is 2.33. The van der Waals surface area contributed by atoms with Gasteiger partial charge in [-0.15, -0.1) is 11.3 Å². The van der Waals surface area contributed by atoms with E-state index in [4.69, 9.17) is 0 Å². The van der Waals surface area contributed by atoms with Crippen molar-refractivity contribution >= 4 is 23.2 Å². The Labute approximate surface area is 153 Å². The van der Waals surface area contributed by atoms with Crippen LogP contribution in [0.15, 0.2) is 54.6 Å². The van der Waals surface area contributed by atoms with Gasteiger partial charge in [-0.1, -0.05) is 42.5 Å². The first kappa shape index (κ1) is 17.8. The average Bonchev–Trinajstić information content (AvgIpc) is 3.04. The van der Waals surface area contributed by atoms with E-state index in [1.54, 1.807) is 6.92 Å². The molecule has 5 nitrogen and oxygen atoms in total. The van der Waals surface area contributed by atoms with Gasteiger partial charge in [0, 0.05) is 5.56 Å². The van der Waals surface area contributed by atoms with E-state index in [2.05, 4.69) is 15.8 Å². The summed E-state index contributed by atoms with van der Waals surface area (Å²) in [5.41, 5.74) is 6.94. The van der Waals surface area contributed by atoms with Gasteiger partial charge >= 0.3 is 0 Å². The quantitative estimate of drug-likeness (QED) is 0.694. The fourth-order valence-corrected chi connectivity index (χ4v) is 3.29. The number of nitrogens with one attached hydrogen (secondary N) is 2. The molecule has 1 heterocycles. The number of thiazole rings is 1. The van der Waals surface area contributed by atoms with Gasteiger partial charge in [-0.2, -0.15) is 0 Å². The lowest BCUT2D eigenvalue weighted by atomic mass is 10.1. The number of aryl methyl sites for hydroxylation is 1. The zero-order chi connectivity index (χ0) is 18.5. The maximum absolute atomic E-state index is 12.9. The van der Waals surface area contributed by atoms with E-state index >= 15 is 0 Å². The van der Waals surface area contributed by atoms with Crippen LogP contribution in [0.25, 0.3) is 10.6 Å². The van der Waals surface area contributed by atoms with Crippen LogP contribution in [0.4, 0.5) is 4.39 Å². The number of aromatic nitrogens is 1. The Kier molecular flexibility index (Phi) is 5.38. The molecule has 0 spiro atoms. The van der Waals surface area contributed by atoms with Gasteiger partial charge in [0.1, 0.15) is 15.7 Å². The number of carbonyl (C=O) groups is 2. The minimum atomic E-state index is -0.422. The molecule has 0 fully saturated rings. The smallest absolute Gasteiger partial charge is 0.273 e. The van der Waals surface area contributed by atoms with Crippen LogP contribution in [-0.2, 0) is 11.2 Å². The van der Waals surface area contributed by atoms with Crippen molar-refractivity contribution in [2.24, 2.45) is 0 Å². The number of hydrogen-bond donors (Lipinski definition) is 2. The van der Waals surface area contributed by atoms with Crippen molar-refractivity contribution in [1.29, 1.82) is 0 Å². The summed E-state index contributed by atoms with van der Waals surface area (Å²) in [5.74, 6) is -1.18. The maximum Gasteiger partial charge on any atom is 0.281 e. The Hall–Kier alpha value is -3.06. The third kappa shape index (κ3) is 4.31. The Bertz CT molecular complexity index is 924. The van der Waals surface area contributed by atoms with Gasteiger partial charge in [0.05, 0.1) is 12.1 Å². The molecule has 132 valence electrons. The van der Waals surface area contributed by atoms with Crippen molar-refractivity contribution in [1.82, 2.24) is 15.8 Å². The first-order chi connectivity index (χ1) is 12.5. The number of nitrogens with zero attached hydrogens (tertiary/aromatic N) is 1. The molecular weight excluding hydrogens is 353 g/mol. The number of amides is 2. The van der Waals surface area contributed by atoms with Crippen molar-refractivity contribution in [3.05, 3.63) is 76.5 Å². The fraction of sp³-hybridized carbons (Fsp3) is 0.105. The number of rotatable bonds is 4. The van der Waals surface area contributed by atoms with Gasteiger partial charge in [-0.25, -0.2) is 9.37 Å². The number of halogens is 1. The number of benzene rings is 2. The Morgan fingerprint density at radius 1 is 1.04 bits per heavy atom. The topological polar surface area (TPSA) is 71.1 Å². The molecule has 0 saturated heterocycles. The summed E-state index contributed by atoms with van der Waals surface area (Å²) in [6.45, 7) is 1.75. The van der Waals surface area contributed by atoms with Gasteiger partial charge in [0.2, 0.25) is 5.91 Å². The van der Waals surface area contributed by atoms with Gasteiger partial charge in [-0.05, 0) is 24.6 Å². The molecule has 0 bridgehead atoms. The van der Waals surface area contributed by atoms with Crippen molar-refractivity contribution < 1.29 is 14.0 Å². The molecular formula is C19H16FN3O2S. The first-order valence-corrected chi connectivity index (χ1v) is 8.71. The zero-order valence-electron chi connectivity index (χ0n) is 14.0. The molecule has 3 rings (SSSR count). The Morgan fingerprint density at radius 2 is 1.73 bits per heavy atom. The van der Waals surface area contributed by atoms with Crippen molar-refractivity contribution in [2.45, 2.75) is 13.3 Å². The SMILES string of the molecule is Cc1nc(-c2ccccc2)sc1C(=O)NNC(=O)Cc1ccc(F)cc1. The highest BCUT2D eigenvalue weighted by atomic mass is 32.1. The number of carbonyl (C=O) groups excluding carboxylic acids is 2. The van der Waals surface area contributed by atoms with Gasteiger partial charge in [0.25, 0.3) is 5.91 Å². The van der Waals surface area contributed by atoms with E-state index in [0.29, 0.717) is 16.1 Å². The molecule has 0 unspecified atom stereocenters. The first-order valence-electron chi connectivity index (χ1n) is 7.89. The van der Waals surface area contributed by atoms with E-state index in [1.807, 2.05) is 30.3 Å². The summed E-state index contributed by atoms with van der Waals surface area (Å²) in [5, 5.41) is 0.742. The summed E-state index contributed by atoms with van der Waals surface area (Å²) in [6, 6.07) is 15.2. The van der Waals surface area contributed by atoms with Gasteiger partial charge in [-0.3, -0.25) is 20.4 Å². The molecule has 2 amide bonds. The maximum atomic E-state index is 12.9. The minimum absolute atomic E-state index is 0.0392. The molecule has 0 aliphatic heterocycles. The molecule has 0 saturated carbocycles. The normalized spacial score (nSPS) is 10.4. The van der Waals surface area contributed by atoms with Crippen molar-refractivity contribution in [2.75, 3.05) is 0 Å². The van der Waals surface area contributed by atoms with Crippen LogP contribution in [-0.4, -0.2) is 16.8 Å². The highest BCUT2D eigenvalue weighted by Crippen LogP contribution is 2.27. The lowest BCUT2D eigenvalue weighted by molar-refractivity contribution is -0.121.